The van der Waals surface area contributed by atoms with Crippen LogP contribution >= 0.6 is 7.75 Å². The van der Waals surface area contributed by atoms with Crippen molar-refractivity contribution in [1.29, 1.82) is 0 Å². The van der Waals surface area contributed by atoms with E-state index in [4.69, 9.17) is 42.0 Å². The molecule has 6 rings (SSSR count). The Balaban J connectivity index is 1.30. The molecule has 0 aliphatic carbocycles. The van der Waals surface area contributed by atoms with Gasteiger partial charge in [-0.3, -0.25) is 37.2 Å². The maximum absolute atomic E-state index is 14.8. The lowest BCUT2D eigenvalue weighted by atomic mass is 9.89. The van der Waals surface area contributed by atoms with Crippen LogP contribution in [0.15, 0.2) is 78.1 Å². The minimum atomic E-state index is -4.39. The quantitative estimate of drug-likeness (QED) is 0.0266. The summed E-state index contributed by atoms with van der Waals surface area (Å²) >= 11 is 0. The lowest BCUT2D eigenvalue weighted by Gasteiger charge is -2.43. The SMILES string of the molecule is COC(=O)C(C)NP(=O)(OC[C@@H]1O[C@H](n2cc(C)c(=O)n(CCCn3c(=O)c(C)cn([C@@H]4O[C@H](CO[Si](C)(C)C(C)(C)C)[C@@]5(OS(=O)(=O)C=C5N)[C@H]4O[Si](C)(C)C(C)(C)C)c3=O)c2=O)CC1N=[N+]=[N-])Oc1ccccc1. The Morgan fingerprint density at radius 1 is 0.934 bits per heavy atom. The summed E-state index contributed by atoms with van der Waals surface area (Å²) in [6, 6.07) is 5.88. The molecule has 3 aromatic rings. The van der Waals surface area contributed by atoms with Crippen molar-refractivity contribution in [3.63, 3.8) is 0 Å². The van der Waals surface area contributed by atoms with Crippen LogP contribution in [0, 0.1) is 13.8 Å². The second kappa shape index (κ2) is 22.4. The van der Waals surface area contributed by atoms with Gasteiger partial charge in [-0.1, -0.05) is 64.9 Å². The zero-order valence-electron chi connectivity index (χ0n) is 45.5. The molecule has 76 heavy (non-hydrogen) atoms. The predicted octanol–water partition coefficient (Wildman–Crippen LogP) is 5.57. The number of carbonyl (C=O) groups is 1. The molecule has 0 radical (unpaired) electrons. The number of nitrogens with zero attached hydrogens (tertiary/aromatic N) is 7. The van der Waals surface area contributed by atoms with Crippen LogP contribution in [0.25, 0.3) is 10.4 Å². The molecule has 2 aromatic heterocycles. The number of hydrogen-bond donors (Lipinski definition) is 2. The van der Waals surface area contributed by atoms with Crippen LogP contribution in [0.3, 0.4) is 0 Å². The molecule has 9 atom stereocenters. The lowest BCUT2D eigenvalue weighted by molar-refractivity contribution is -0.142. The summed E-state index contributed by atoms with van der Waals surface area (Å²) in [5, 5.41) is 6.48. The highest BCUT2D eigenvalue weighted by molar-refractivity contribution is 7.90. The van der Waals surface area contributed by atoms with E-state index in [0.717, 1.165) is 30.8 Å². The molecular formula is C47H72N9O16PSSi2. The number of esters is 1. The van der Waals surface area contributed by atoms with Gasteiger partial charge in [0, 0.05) is 47.9 Å². The van der Waals surface area contributed by atoms with Gasteiger partial charge in [0.25, 0.3) is 21.2 Å². The molecule has 3 unspecified atom stereocenters. The molecule has 0 bridgehead atoms. The number of methoxy groups -OCH3 is 1. The number of azide groups is 1. The van der Waals surface area contributed by atoms with E-state index in [1.807, 2.05) is 67.7 Å². The topological polar surface area (TPSA) is 317 Å². The van der Waals surface area contributed by atoms with Crippen molar-refractivity contribution in [2.75, 3.05) is 20.3 Å². The number of nitrogens with one attached hydrogen (secondary N) is 1. The average molecular weight is 1140 g/mol. The second-order valence-corrected chi connectivity index (χ2v) is 35.0. The van der Waals surface area contributed by atoms with Gasteiger partial charge in [-0.15, -0.1) is 0 Å². The van der Waals surface area contributed by atoms with Crippen LogP contribution in [0.2, 0.25) is 36.3 Å². The van der Waals surface area contributed by atoms with Gasteiger partial charge >= 0.3 is 25.1 Å². The third kappa shape index (κ3) is 12.5. The molecule has 25 nitrogen and oxygen atoms in total. The Morgan fingerprint density at radius 3 is 2.03 bits per heavy atom. The minimum absolute atomic E-state index is 0.0873. The van der Waals surface area contributed by atoms with Crippen molar-refractivity contribution < 1.29 is 54.1 Å². The standard InChI is InChI=1S/C47H72N9O16PSSi2/c1-29-24-55(37-23-33(50-52-49)34(68-37)26-66-73(62,51-31(3)42(59)65-10)70-32-19-16-15-17-20-32)43(60)53(39(29)57)21-18-22-54-40(58)30(2)25-56(44(54)61)41-38(71-76(13,14)46(7,8)9)47(35(48)28-74(63,64)72-47)36(69-41)27-67-75(11,12)45(4,5)6/h15-17,19-20,24-25,28,31,33-34,36-38,41H,18,21-23,26-27,48H2,1-14H3,(H,51,62)/t31?,33?,34-,36+,37-,38-,41+,47+,73?/m0/s1. The van der Waals surface area contributed by atoms with Gasteiger partial charge in [0.15, 0.2) is 28.5 Å². The van der Waals surface area contributed by atoms with E-state index in [0.29, 0.717) is 0 Å². The largest absolute Gasteiger partial charge is 0.468 e. The van der Waals surface area contributed by atoms with E-state index in [1.54, 1.807) is 18.2 Å². The van der Waals surface area contributed by atoms with Crippen molar-refractivity contribution in [3.05, 3.63) is 117 Å². The number of rotatable bonds is 20. The van der Waals surface area contributed by atoms with E-state index in [9.17, 15) is 42.5 Å². The molecule has 2 fully saturated rings. The fourth-order valence-electron chi connectivity index (χ4n) is 8.47. The van der Waals surface area contributed by atoms with Crippen LogP contribution in [-0.2, 0) is 64.3 Å². The highest BCUT2D eigenvalue weighted by Gasteiger charge is 2.67. The normalized spacial score (nSPS) is 24.9. The number of carbonyl (C=O) groups excluding carboxylic acids is 1. The first-order chi connectivity index (χ1) is 35.1. The Hall–Kier alpha value is -4.97. The Morgan fingerprint density at radius 2 is 1.50 bits per heavy atom. The maximum Gasteiger partial charge on any atom is 0.459 e. The maximum atomic E-state index is 14.8. The highest BCUT2D eigenvalue weighted by Crippen LogP contribution is 2.52. The summed E-state index contributed by atoms with van der Waals surface area (Å²) in [4.78, 5) is 71.9. The van der Waals surface area contributed by atoms with Crippen molar-refractivity contribution in [2.24, 2.45) is 10.8 Å². The van der Waals surface area contributed by atoms with Gasteiger partial charge in [0.2, 0.25) is 0 Å². The summed E-state index contributed by atoms with van der Waals surface area (Å²) < 4.78 is 93.7. The third-order valence-electron chi connectivity index (χ3n) is 14.8. The van der Waals surface area contributed by atoms with E-state index in [2.05, 4.69) is 15.1 Å². The molecule has 3 aliphatic heterocycles. The minimum Gasteiger partial charge on any atom is -0.468 e. The first-order valence-corrected chi connectivity index (χ1v) is 33.6. The molecule has 5 heterocycles. The van der Waals surface area contributed by atoms with Crippen molar-refractivity contribution in [1.82, 2.24) is 23.4 Å². The summed E-state index contributed by atoms with van der Waals surface area (Å²) in [7, 11) is -13.1. The monoisotopic (exact) mass is 1140 g/mol. The summed E-state index contributed by atoms with van der Waals surface area (Å²) in [6.07, 6.45) is -3.84. The van der Waals surface area contributed by atoms with Crippen molar-refractivity contribution in [3.8, 4) is 5.75 Å². The number of nitrogens with two attached hydrogens (primary N) is 1. The van der Waals surface area contributed by atoms with Crippen molar-refractivity contribution in [2.45, 2.75) is 173 Å². The van der Waals surface area contributed by atoms with E-state index in [-0.39, 0.29) is 60.1 Å². The van der Waals surface area contributed by atoms with Gasteiger partial charge in [0.05, 0.1) is 43.6 Å². The molecule has 420 valence electrons. The van der Waals surface area contributed by atoms with Gasteiger partial charge in [0.1, 0.15) is 30.2 Å². The third-order valence-corrected chi connectivity index (χ3v) is 26.5. The van der Waals surface area contributed by atoms with Gasteiger partial charge in [-0.2, -0.15) is 13.5 Å². The Kier molecular flexibility index (Phi) is 17.8. The number of aryl methyl sites for hydroxylation is 2. The summed E-state index contributed by atoms with van der Waals surface area (Å²) in [6.45, 7) is 23.1. The fraction of sp³-hybridized carbons (Fsp3) is 0.638. The fourth-order valence-corrected chi connectivity index (χ4v) is 13.5. The van der Waals surface area contributed by atoms with Crippen LogP contribution in [0.5, 0.6) is 5.75 Å². The van der Waals surface area contributed by atoms with Crippen LogP contribution in [0.4, 0.5) is 0 Å². The zero-order chi connectivity index (χ0) is 56.7. The average Bonchev–Trinajstić information content (AvgIpc) is 3.94. The van der Waals surface area contributed by atoms with E-state index in [1.165, 1.54) is 45.3 Å². The Bertz CT molecular complexity index is 3160. The van der Waals surface area contributed by atoms with Gasteiger partial charge < -0.3 is 33.3 Å². The van der Waals surface area contributed by atoms with Gasteiger partial charge in [-0.25, -0.2) is 18.3 Å². The molecule has 2 saturated heterocycles. The van der Waals surface area contributed by atoms with Crippen LogP contribution in [0.1, 0.15) is 84.9 Å². The number of aromatic nitrogens is 4. The smallest absolute Gasteiger partial charge is 0.459 e. The van der Waals surface area contributed by atoms with Gasteiger partial charge in [-0.05, 0) is 81.1 Å². The number of ether oxygens (including phenoxy) is 3. The molecule has 0 saturated carbocycles. The van der Waals surface area contributed by atoms with Crippen LogP contribution in [-0.4, -0.2) is 106 Å². The van der Waals surface area contributed by atoms with E-state index < -0.39 is 123 Å². The van der Waals surface area contributed by atoms with Crippen LogP contribution < -0.4 is 37.8 Å². The summed E-state index contributed by atoms with van der Waals surface area (Å²) in [5.74, 6) is -0.615. The molecule has 3 aliphatic rings. The first kappa shape index (κ1) is 60.3. The molecule has 1 spiro atoms. The number of hydrogen-bond acceptors (Lipinski definition) is 18. The Labute approximate surface area is 443 Å². The van der Waals surface area contributed by atoms with Crippen molar-refractivity contribution >= 4 is 40.5 Å². The first-order valence-electron chi connectivity index (χ1n) is 24.7. The predicted molar refractivity (Wildman–Crippen MR) is 285 cm³/mol. The highest BCUT2D eigenvalue weighted by atomic mass is 32.2. The zero-order valence-corrected chi connectivity index (χ0v) is 49.2. The number of benzene rings is 1. The molecule has 3 N–H and O–H groups in total. The lowest BCUT2D eigenvalue weighted by Crippen LogP contribution is -2.59. The molecule has 0 amide bonds. The second-order valence-electron chi connectivity index (χ2n) is 22.3. The molecular weight excluding hydrogens is 1070 g/mol. The summed E-state index contributed by atoms with van der Waals surface area (Å²) in [5.41, 5.74) is 11.2. The molecule has 29 heteroatoms. The molecule has 1 aromatic carbocycles. The van der Waals surface area contributed by atoms with E-state index >= 15 is 0 Å². The number of para-hydroxylation sites is 1.